The molecule has 0 saturated heterocycles. The van der Waals surface area contributed by atoms with Crippen LogP contribution in [-0.4, -0.2) is 22.2 Å². The molecule has 0 aliphatic heterocycles. The Bertz CT molecular complexity index is 416. The molecule has 0 spiro atoms. The minimum absolute atomic E-state index is 0.0322. The van der Waals surface area contributed by atoms with E-state index in [0.717, 1.165) is 10.0 Å². The van der Waals surface area contributed by atoms with E-state index in [1.807, 2.05) is 0 Å². The van der Waals surface area contributed by atoms with Crippen LogP contribution >= 0.6 is 31.9 Å². The number of hydrogen-bond donors (Lipinski definition) is 1. The Morgan fingerprint density at radius 2 is 1.94 bits per heavy atom. The highest BCUT2D eigenvalue weighted by atomic mass is 79.9. The fourth-order valence-electron chi connectivity index (χ4n) is 1.38. The molecule has 1 N–H and O–H groups in total. The summed E-state index contributed by atoms with van der Waals surface area (Å²) in [7, 11) is 0. The summed E-state index contributed by atoms with van der Waals surface area (Å²) >= 11 is 6.39. The summed E-state index contributed by atoms with van der Waals surface area (Å²) in [5.74, 6) is -0.871. The summed E-state index contributed by atoms with van der Waals surface area (Å²) in [4.78, 5) is 22.0. The fourth-order valence-corrected chi connectivity index (χ4v) is 2.12. The lowest BCUT2D eigenvalue weighted by molar-refractivity contribution is -0.136. The Morgan fingerprint density at radius 3 is 2.50 bits per heavy atom. The van der Waals surface area contributed by atoms with Crippen molar-refractivity contribution < 1.29 is 14.7 Å². The Kier molecular flexibility index (Phi) is 5.15. The van der Waals surface area contributed by atoms with Crippen LogP contribution in [0.1, 0.15) is 11.1 Å². The maximum atomic E-state index is 11.3. The number of hydrogen-bond acceptors (Lipinski definition) is 2. The summed E-state index contributed by atoms with van der Waals surface area (Å²) in [6.07, 6.45) is 0.180. The molecule has 1 aromatic rings. The highest BCUT2D eigenvalue weighted by molar-refractivity contribution is 9.10. The molecule has 0 heterocycles. The smallest absolute Gasteiger partial charge is 0.307 e. The molecule has 3 nitrogen and oxygen atoms in total. The lowest BCUT2D eigenvalue weighted by atomic mass is 10.0. The lowest BCUT2D eigenvalue weighted by Gasteiger charge is -2.08. The predicted molar refractivity (Wildman–Crippen MR) is 68.0 cm³/mol. The van der Waals surface area contributed by atoms with E-state index in [0.29, 0.717) is 5.56 Å². The maximum Gasteiger partial charge on any atom is 0.307 e. The number of halogens is 2. The predicted octanol–water partition coefficient (Wildman–Crippen LogP) is 2.58. The van der Waals surface area contributed by atoms with E-state index in [4.69, 9.17) is 5.11 Å². The summed E-state index contributed by atoms with van der Waals surface area (Å²) in [6.45, 7) is 0. The number of alkyl halides is 1. The van der Waals surface area contributed by atoms with Crippen molar-refractivity contribution in [3.8, 4) is 0 Å². The minimum Gasteiger partial charge on any atom is -0.481 e. The summed E-state index contributed by atoms with van der Waals surface area (Å²) in [5.41, 5.74) is 1.44. The van der Waals surface area contributed by atoms with Crippen molar-refractivity contribution in [2.75, 3.05) is 5.33 Å². The van der Waals surface area contributed by atoms with Crippen LogP contribution in [0.3, 0.4) is 0 Å². The molecular weight excluding hydrogens is 340 g/mol. The van der Waals surface area contributed by atoms with Gasteiger partial charge in [0.05, 0.1) is 11.8 Å². The van der Waals surface area contributed by atoms with Gasteiger partial charge in [-0.3, -0.25) is 9.59 Å². The molecular formula is C11H10Br2O3. The van der Waals surface area contributed by atoms with Gasteiger partial charge in [-0.15, -0.1) is 0 Å². The zero-order chi connectivity index (χ0) is 12.1. The zero-order valence-corrected chi connectivity index (χ0v) is 11.5. The first-order valence-electron chi connectivity index (χ1n) is 4.60. The molecule has 0 amide bonds. The largest absolute Gasteiger partial charge is 0.481 e. The van der Waals surface area contributed by atoms with Crippen LogP contribution in [0.15, 0.2) is 22.7 Å². The second-order valence-corrected chi connectivity index (χ2v) is 4.71. The molecule has 1 rings (SSSR count). The van der Waals surface area contributed by atoms with E-state index in [1.54, 1.807) is 18.2 Å². The Morgan fingerprint density at radius 1 is 1.25 bits per heavy atom. The third-order valence-electron chi connectivity index (χ3n) is 2.08. The van der Waals surface area contributed by atoms with Crippen molar-refractivity contribution in [2.45, 2.75) is 12.8 Å². The van der Waals surface area contributed by atoms with Crippen LogP contribution in [-0.2, 0) is 22.4 Å². The number of carbonyl (C=O) groups excluding carboxylic acids is 1. The van der Waals surface area contributed by atoms with Gasteiger partial charge < -0.3 is 5.11 Å². The molecule has 0 aliphatic rings. The summed E-state index contributed by atoms with van der Waals surface area (Å²) < 4.78 is 0.731. The Hall–Kier alpha value is -0.680. The van der Waals surface area contributed by atoms with Crippen molar-refractivity contribution in [1.82, 2.24) is 0 Å². The zero-order valence-electron chi connectivity index (χ0n) is 8.37. The number of carboxylic acid groups (broad SMARTS) is 1. The monoisotopic (exact) mass is 348 g/mol. The number of rotatable bonds is 5. The molecule has 0 aliphatic carbocycles. The maximum absolute atomic E-state index is 11.3. The minimum atomic E-state index is -0.903. The molecule has 1 aromatic carbocycles. The summed E-state index contributed by atoms with van der Waals surface area (Å²) in [5, 5.41) is 9.08. The number of carboxylic acids is 1. The average Bonchev–Trinajstić information content (AvgIpc) is 2.22. The second-order valence-electron chi connectivity index (χ2n) is 3.30. The molecule has 16 heavy (non-hydrogen) atoms. The standard InChI is InChI=1S/C11H10Br2O3/c12-6-8(14)4-7-2-1-3-10(13)9(7)5-11(15)16/h1-3H,4-6H2,(H,15,16). The van der Waals surface area contributed by atoms with Gasteiger partial charge in [-0.1, -0.05) is 44.0 Å². The first kappa shape index (κ1) is 13.4. The van der Waals surface area contributed by atoms with Crippen LogP contribution in [0.5, 0.6) is 0 Å². The van der Waals surface area contributed by atoms with Gasteiger partial charge in [0.15, 0.2) is 0 Å². The van der Waals surface area contributed by atoms with Gasteiger partial charge in [0, 0.05) is 10.9 Å². The van der Waals surface area contributed by atoms with Crippen LogP contribution < -0.4 is 0 Å². The first-order valence-corrected chi connectivity index (χ1v) is 6.51. The molecule has 0 bridgehead atoms. The molecule has 0 saturated carbocycles. The summed E-state index contributed by atoms with van der Waals surface area (Å²) in [6, 6.07) is 5.36. The van der Waals surface area contributed by atoms with Gasteiger partial charge in [-0.2, -0.15) is 0 Å². The third-order valence-corrected chi connectivity index (χ3v) is 3.45. The van der Waals surface area contributed by atoms with E-state index in [1.165, 1.54) is 0 Å². The molecule has 0 unspecified atom stereocenters. The van der Waals surface area contributed by atoms with Crippen molar-refractivity contribution in [1.29, 1.82) is 0 Å². The van der Waals surface area contributed by atoms with Crippen LogP contribution in [0, 0.1) is 0 Å². The van der Waals surface area contributed by atoms with Gasteiger partial charge >= 0.3 is 5.97 Å². The topological polar surface area (TPSA) is 54.4 Å². The Labute approximate surface area is 110 Å². The van der Waals surface area contributed by atoms with Gasteiger partial charge in [0.25, 0.3) is 0 Å². The SMILES string of the molecule is O=C(O)Cc1c(Br)cccc1CC(=O)CBr. The van der Waals surface area contributed by atoms with Gasteiger partial charge in [-0.25, -0.2) is 0 Å². The molecule has 86 valence electrons. The highest BCUT2D eigenvalue weighted by Gasteiger charge is 2.12. The van der Waals surface area contributed by atoms with Crippen LogP contribution in [0.2, 0.25) is 0 Å². The van der Waals surface area contributed by atoms with Gasteiger partial charge in [0.2, 0.25) is 0 Å². The average molecular weight is 350 g/mol. The van der Waals surface area contributed by atoms with Gasteiger partial charge in [-0.05, 0) is 17.2 Å². The molecule has 5 heteroatoms. The van der Waals surface area contributed by atoms with Crippen molar-refractivity contribution >= 4 is 43.6 Å². The number of benzene rings is 1. The van der Waals surface area contributed by atoms with Crippen LogP contribution in [0.25, 0.3) is 0 Å². The molecule has 0 radical (unpaired) electrons. The van der Waals surface area contributed by atoms with Crippen molar-refractivity contribution in [3.05, 3.63) is 33.8 Å². The fraction of sp³-hybridized carbons (Fsp3) is 0.273. The van der Waals surface area contributed by atoms with E-state index in [-0.39, 0.29) is 24.0 Å². The quantitative estimate of drug-likeness (QED) is 0.831. The van der Waals surface area contributed by atoms with E-state index < -0.39 is 5.97 Å². The highest BCUT2D eigenvalue weighted by Crippen LogP contribution is 2.22. The molecule has 0 fully saturated rings. The number of ketones is 1. The van der Waals surface area contributed by atoms with E-state index in [9.17, 15) is 9.59 Å². The third kappa shape index (κ3) is 3.72. The number of carbonyl (C=O) groups is 2. The van der Waals surface area contributed by atoms with Crippen molar-refractivity contribution in [2.24, 2.45) is 0 Å². The van der Waals surface area contributed by atoms with Crippen LogP contribution in [0.4, 0.5) is 0 Å². The molecule has 0 aromatic heterocycles. The van der Waals surface area contributed by atoms with Gasteiger partial charge in [0.1, 0.15) is 5.78 Å². The first-order chi connectivity index (χ1) is 7.54. The number of aliphatic carboxylic acids is 1. The normalized spacial score (nSPS) is 10.1. The molecule has 0 atom stereocenters. The Balaban J connectivity index is 3.02. The van der Waals surface area contributed by atoms with E-state index >= 15 is 0 Å². The van der Waals surface area contributed by atoms with Crippen molar-refractivity contribution in [3.63, 3.8) is 0 Å². The lowest BCUT2D eigenvalue weighted by Crippen LogP contribution is -2.09. The number of Topliss-reactive ketones (excluding diaryl/α,β-unsaturated/α-hetero) is 1. The second kappa shape index (κ2) is 6.15. The van der Waals surface area contributed by atoms with E-state index in [2.05, 4.69) is 31.9 Å².